The van der Waals surface area contributed by atoms with Crippen LogP contribution in [0.25, 0.3) is 32.0 Å². The lowest BCUT2D eigenvalue weighted by Crippen LogP contribution is -2.40. The Hall–Kier alpha value is -4.51. The van der Waals surface area contributed by atoms with Crippen molar-refractivity contribution >= 4 is 27.5 Å². The van der Waals surface area contributed by atoms with Gasteiger partial charge in [-0.1, -0.05) is 6.07 Å². The third-order valence-corrected chi connectivity index (χ3v) is 7.80. The molecule has 0 fully saturated rings. The van der Waals surface area contributed by atoms with Crippen LogP contribution in [0.2, 0.25) is 0 Å². The molecule has 0 saturated carbocycles. The van der Waals surface area contributed by atoms with Crippen LogP contribution in [0.15, 0.2) is 64.6 Å². The number of nitrogens with zero attached hydrogens (tertiary/aromatic N) is 4. The Morgan fingerprint density at radius 1 is 1.13 bits per heavy atom. The predicted molar refractivity (Wildman–Crippen MR) is 149 cm³/mol. The number of amides is 1. The van der Waals surface area contributed by atoms with Gasteiger partial charge in [0.05, 0.1) is 35.9 Å². The van der Waals surface area contributed by atoms with E-state index in [4.69, 9.17) is 4.74 Å². The summed E-state index contributed by atoms with van der Waals surface area (Å²) in [5.74, 6) is -0.0842. The summed E-state index contributed by atoms with van der Waals surface area (Å²) < 4.78 is 23.7. The van der Waals surface area contributed by atoms with Crippen molar-refractivity contribution in [2.24, 2.45) is 0 Å². The van der Waals surface area contributed by atoms with E-state index in [0.29, 0.717) is 21.5 Å². The summed E-state index contributed by atoms with van der Waals surface area (Å²) in [5.41, 5.74) is 2.41. The smallest absolute Gasteiger partial charge is 0.336 e. The van der Waals surface area contributed by atoms with E-state index in [1.807, 2.05) is 42.8 Å². The van der Waals surface area contributed by atoms with Crippen molar-refractivity contribution in [1.82, 2.24) is 24.0 Å². The Balaban J connectivity index is 1.72. The van der Waals surface area contributed by atoms with Crippen LogP contribution in [-0.4, -0.2) is 38.2 Å². The molecule has 11 heteroatoms. The number of thiophene rings is 1. The number of hydrogen-bond acceptors (Lipinski definition) is 6. The van der Waals surface area contributed by atoms with Crippen LogP contribution < -0.4 is 21.3 Å². The molecule has 0 radical (unpaired) electrons. The fraction of sp³-hybridized carbons (Fsp3) is 0.214. The van der Waals surface area contributed by atoms with E-state index in [-0.39, 0.29) is 24.7 Å². The number of carbonyl (C=O) groups is 1. The summed E-state index contributed by atoms with van der Waals surface area (Å²) in [5, 5.41) is 3.09. The Labute approximate surface area is 226 Å². The van der Waals surface area contributed by atoms with Crippen molar-refractivity contribution in [3.63, 3.8) is 0 Å². The van der Waals surface area contributed by atoms with Gasteiger partial charge in [0.2, 0.25) is 5.91 Å². The maximum Gasteiger partial charge on any atom is 0.336 e. The van der Waals surface area contributed by atoms with Crippen LogP contribution in [0, 0.1) is 19.7 Å². The quantitative estimate of drug-likeness (QED) is 0.333. The van der Waals surface area contributed by atoms with Crippen LogP contribution in [0.1, 0.15) is 18.2 Å². The largest absolute Gasteiger partial charge is 0.495 e. The number of carbonyl (C=O) groups excluding carboxylic acids is 1. The molecule has 200 valence electrons. The number of aryl methyl sites for hydroxylation is 2. The summed E-state index contributed by atoms with van der Waals surface area (Å²) in [6, 6.07) is 10.9. The Bertz CT molecular complexity index is 1830. The molecule has 1 amide bonds. The average molecular weight is 548 g/mol. The van der Waals surface area contributed by atoms with E-state index in [1.165, 1.54) is 47.1 Å². The van der Waals surface area contributed by atoms with Crippen LogP contribution in [0.5, 0.6) is 5.75 Å². The van der Waals surface area contributed by atoms with Gasteiger partial charge in [0.1, 0.15) is 16.4 Å². The van der Waals surface area contributed by atoms with Gasteiger partial charge >= 0.3 is 5.69 Å². The van der Waals surface area contributed by atoms with Crippen molar-refractivity contribution in [3.05, 3.63) is 92.9 Å². The number of fused-ring (bicyclic) bond motifs is 1. The zero-order valence-corrected chi connectivity index (χ0v) is 22.6. The van der Waals surface area contributed by atoms with Gasteiger partial charge in [0.25, 0.3) is 5.56 Å². The topological polar surface area (TPSA) is 100 Å². The molecule has 0 aliphatic rings. The van der Waals surface area contributed by atoms with Crippen molar-refractivity contribution in [1.29, 1.82) is 0 Å². The number of rotatable bonds is 7. The van der Waals surface area contributed by atoms with Gasteiger partial charge < -0.3 is 14.6 Å². The maximum absolute atomic E-state index is 13.8. The van der Waals surface area contributed by atoms with Crippen molar-refractivity contribution in [2.75, 3.05) is 13.7 Å². The first-order valence-electron chi connectivity index (χ1n) is 12.2. The third-order valence-electron chi connectivity index (χ3n) is 6.44. The van der Waals surface area contributed by atoms with Crippen LogP contribution in [0.4, 0.5) is 4.39 Å². The molecular formula is C28H26FN5O4S. The minimum Gasteiger partial charge on any atom is -0.495 e. The number of nitrogens with one attached hydrogen (secondary N) is 1. The number of benzene rings is 2. The molecule has 5 aromatic rings. The van der Waals surface area contributed by atoms with Gasteiger partial charge in [-0.3, -0.25) is 14.2 Å². The number of hydrogen-bond donors (Lipinski definition) is 1. The first-order chi connectivity index (χ1) is 18.7. The zero-order valence-electron chi connectivity index (χ0n) is 21.8. The molecule has 9 nitrogen and oxygen atoms in total. The Morgan fingerprint density at radius 2 is 1.87 bits per heavy atom. The van der Waals surface area contributed by atoms with E-state index in [9.17, 15) is 18.8 Å². The summed E-state index contributed by atoms with van der Waals surface area (Å²) >= 11 is 1.32. The van der Waals surface area contributed by atoms with Gasteiger partial charge in [-0.15, -0.1) is 11.3 Å². The monoisotopic (exact) mass is 547 g/mol. The molecular weight excluding hydrogens is 521 g/mol. The van der Waals surface area contributed by atoms with Crippen LogP contribution in [-0.2, 0) is 11.3 Å². The van der Waals surface area contributed by atoms with E-state index in [0.717, 1.165) is 26.4 Å². The second-order valence-corrected chi connectivity index (χ2v) is 10.1. The molecule has 0 saturated heterocycles. The summed E-state index contributed by atoms with van der Waals surface area (Å²) in [4.78, 5) is 44.5. The molecule has 3 aromatic heterocycles. The molecule has 3 heterocycles. The summed E-state index contributed by atoms with van der Waals surface area (Å²) in [6.45, 7) is 5.49. The average Bonchev–Trinajstić information content (AvgIpc) is 3.49. The second kappa shape index (κ2) is 10.3. The lowest BCUT2D eigenvalue weighted by Gasteiger charge is -2.12. The molecule has 1 N–H and O–H groups in total. The highest BCUT2D eigenvalue weighted by Gasteiger charge is 2.22. The third kappa shape index (κ3) is 4.76. The van der Waals surface area contributed by atoms with Gasteiger partial charge in [0.15, 0.2) is 0 Å². The fourth-order valence-electron chi connectivity index (χ4n) is 4.57. The number of ether oxygens (including phenoxy) is 1. The number of methoxy groups -OCH3 is 1. The molecule has 0 atom stereocenters. The van der Waals surface area contributed by atoms with Gasteiger partial charge in [0, 0.05) is 31.1 Å². The molecule has 2 aromatic carbocycles. The highest BCUT2D eigenvalue weighted by molar-refractivity contribution is 7.22. The van der Waals surface area contributed by atoms with E-state index >= 15 is 0 Å². The minimum absolute atomic E-state index is 0.151. The molecule has 0 spiro atoms. The van der Waals surface area contributed by atoms with Gasteiger partial charge in [-0.05, 0) is 61.4 Å². The maximum atomic E-state index is 13.8. The molecule has 39 heavy (non-hydrogen) atoms. The standard InChI is InChI=1S/C28H26FN5O4S/c1-16-14-32(15-31-16)22-10-5-19(13-23(22)38-4)25-17(2)24-26(36)34(21-8-6-20(29)7-9-21)28(37)33(27(24)39-25)12-11-30-18(3)35/h5-10,13-15H,11-12H2,1-4H3,(H,30,35). The molecule has 0 unspecified atom stereocenters. The SMILES string of the molecule is COc1cc(-c2sc3c(c2C)c(=O)n(-c2ccc(F)cc2)c(=O)n3CCNC(C)=O)ccc1-n1cnc(C)c1. The van der Waals surface area contributed by atoms with Gasteiger partial charge in [-0.25, -0.2) is 18.7 Å². The van der Waals surface area contributed by atoms with Crippen molar-refractivity contribution in [2.45, 2.75) is 27.3 Å². The highest BCUT2D eigenvalue weighted by atomic mass is 32.1. The normalized spacial score (nSPS) is 11.2. The van der Waals surface area contributed by atoms with Gasteiger partial charge in [-0.2, -0.15) is 0 Å². The highest BCUT2D eigenvalue weighted by Crippen LogP contribution is 2.39. The van der Waals surface area contributed by atoms with E-state index in [2.05, 4.69) is 10.3 Å². The first kappa shape index (κ1) is 26.1. The molecule has 0 aliphatic carbocycles. The summed E-state index contributed by atoms with van der Waals surface area (Å²) in [7, 11) is 1.59. The Morgan fingerprint density at radius 3 is 2.51 bits per heavy atom. The minimum atomic E-state index is -0.569. The fourth-order valence-corrected chi connectivity index (χ4v) is 5.88. The number of halogens is 1. The number of aromatic nitrogens is 4. The predicted octanol–water partition coefficient (Wildman–Crippen LogP) is 3.97. The van der Waals surface area contributed by atoms with Crippen molar-refractivity contribution < 1.29 is 13.9 Å². The van der Waals surface area contributed by atoms with Crippen molar-refractivity contribution in [3.8, 4) is 27.6 Å². The van der Waals surface area contributed by atoms with E-state index in [1.54, 1.807) is 13.4 Å². The van der Waals surface area contributed by atoms with Crippen LogP contribution in [0.3, 0.4) is 0 Å². The lowest BCUT2D eigenvalue weighted by molar-refractivity contribution is -0.118. The Kier molecular flexibility index (Phi) is 6.92. The molecule has 0 bridgehead atoms. The van der Waals surface area contributed by atoms with E-state index < -0.39 is 17.1 Å². The number of imidazole rings is 1. The second-order valence-electron chi connectivity index (χ2n) is 9.08. The molecule has 0 aliphatic heterocycles. The summed E-state index contributed by atoms with van der Waals surface area (Å²) in [6.07, 6.45) is 3.61. The lowest BCUT2D eigenvalue weighted by atomic mass is 10.1. The molecule has 5 rings (SSSR count). The zero-order chi connectivity index (χ0) is 27.8. The first-order valence-corrected chi connectivity index (χ1v) is 13.0. The van der Waals surface area contributed by atoms with Crippen LogP contribution >= 0.6 is 11.3 Å².